The summed E-state index contributed by atoms with van der Waals surface area (Å²) < 4.78 is 12.1. The molecule has 0 fully saturated rings. The standard InChI is InChI=1S/C14H14Br2O3/c1-8-3-4-12(18-2)9(5-8)6-11(17)13-7-10(15)14(16)19-13/h3-5,7,11,17H,6H2,1-2H3. The lowest BCUT2D eigenvalue weighted by atomic mass is 10.0. The molecule has 0 amide bonds. The normalized spacial score (nSPS) is 12.5. The van der Waals surface area contributed by atoms with Crippen LogP contribution in [0, 0.1) is 6.92 Å². The summed E-state index contributed by atoms with van der Waals surface area (Å²) in [6, 6.07) is 7.66. The summed E-state index contributed by atoms with van der Waals surface area (Å²) in [7, 11) is 1.63. The van der Waals surface area contributed by atoms with Crippen LogP contribution in [0.5, 0.6) is 5.75 Å². The molecule has 102 valence electrons. The van der Waals surface area contributed by atoms with Crippen molar-refractivity contribution in [3.63, 3.8) is 0 Å². The van der Waals surface area contributed by atoms with Gasteiger partial charge in [-0.2, -0.15) is 0 Å². The van der Waals surface area contributed by atoms with E-state index in [-0.39, 0.29) is 0 Å². The van der Waals surface area contributed by atoms with E-state index in [1.807, 2.05) is 25.1 Å². The number of furan rings is 1. The summed E-state index contributed by atoms with van der Waals surface area (Å²) in [5.74, 6) is 1.29. The Morgan fingerprint density at radius 1 is 1.32 bits per heavy atom. The first-order valence-corrected chi connectivity index (χ1v) is 7.36. The van der Waals surface area contributed by atoms with E-state index in [1.54, 1.807) is 13.2 Å². The molecule has 19 heavy (non-hydrogen) atoms. The first-order chi connectivity index (χ1) is 9.01. The van der Waals surface area contributed by atoms with Gasteiger partial charge >= 0.3 is 0 Å². The third-order valence-electron chi connectivity index (χ3n) is 2.84. The maximum absolute atomic E-state index is 10.2. The number of aryl methyl sites for hydroxylation is 1. The van der Waals surface area contributed by atoms with Gasteiger partial charge in [0.05, 0.1) is 11.6 Å². The van der Waals surface area contributed by atoms with Gasteiger partial charge in [0.2, 0.25) is 0 Å². The Morgan fingerprint density at radius 2 is 2.05 bits per heavy atom. The maximum atomic E-state index is 10.2. The van der Waals surface area contributed by atoms with E-state index in [2.05, 4.69) is 31.9 Å². The average molecular weight is 390 g/mol. The van der Waals surface area contributed by atoms with E-state index < -0.39 is 6.10 Å². The molecule has 1 N–H and O–H groups in total. The van der Waals surface area contributed by atoms with Gasteiger partial charge in [-0.25, -0.2) is 0 Å². The highest BCUT2D eigenvalue weighted by atomic mass is 79.9. The fourth-order valence-corrected chi connectivity index (χ4v) is 2.51. The number of aliphatic hydroxyl groups excluding tert-OH is 1. The molecule has 0 aliphatic rings. The highest BCUT2D eigenvalue weighted by Gasteiger charge is 2.17. The molecule has 1 heterocycles. The predicted octanol–water partition coefficient (Wildman–Crippen LogP) is 4.40. The van der Waals surface area contributed by atoms with Gasteiger partial charge in [-0.1, -0.05) is 17.7 Å². The van der Waals surface area contributed by atoms with Gasteiger partial charge in [-0.3, -0.25) is 0 Å². The van der Waals surface area contributed by atoms with Crippen LogP contribution < -0.4 is 4.74 Å². The van der Waals surface area contributed by atoms with Gasteiger partial charge in [-0.15, -0.1) is 0 Å². The van der Waals surface area contributed by atoms with Crippen molar-refractivity contribution < 1.29 is 14.3 Å². The van der Waals surface area contributed by atoms with E-state index in [0.29, 0.717) is 16.9 Å². The number of methoxy groups -OCH3 is 1. The molecule has 3 nitrogen and oxygen atoms in total. The molecule has 0 radical (unpaired) electrons. The second-order valence-corrected chi connectivity index (χ2v) is 5.88. The molecule has 0 aliphatic heterocycles. The third kappa shape index (κ3) is 3.41. The molecule has 1 aromatic heterocycles. The summed E-state index contributed by atoms with van der Waals surface area (Å²) in [4.78, 5) is 0. The Kier molecular flexibility index (Phi) is 4.71. The minimum atomic E-state index is -0.710. The average Bonchev–Trinajstić information content (AvgIpc) is 2.70. The minimum Gasteiger partial charge on any atom is -0.496 e. The number of hydrogen-bond donors (Lipinski definition) is 1. The van der Waals surface area contributed by atoms with Crippen LogP contribution in [0.1, 0.15) is 23.0 Å². The number of aliphatic hydroxyl groups is 1. The van der Waals surface area contributed by atoms with Crippen molar-refractivity contribution in [1.29, 1.82) is 0 Å². The van der Waals surface area contributed by atoms with E-state index in [0.717, 1.165) is 21.3 Å². The lowest BCUT2D eigenvalue weighted by Gasteiger charge is -2.12. The van der Waals surface area contributed by atoms with Crippen LogP contribution in [0.4, 0.5) is 0 Å². The number of benzene rings is 1. The van der Waals surface area contributed by atoms with E-state index >= 15 is 0 Å². The lowest BCUT2D eigenvalue weighted by Crippen LogP contribution is -2.02. The van der Waals surface area contributed by atoms with Crippen molar-refractivity contribution in [1.82, 2.24) is 0 Å². The van der Waals surface area contributed by atoms with Gasteiger partial charge in [0.1, 0.15) is 17.6 Å². The summed E-state index contributed by atoms with van der Waals surface area (Å²) in [5.41, 5.74) is 2.09. The van der Waals surface area contributed by atoms with Crippen LogP contribution in [0.3, 0.4) is 0 Å². The molecule has 0 bridgehead atoms. The number of ether oxygens (including phenoxy) is 1. The molecule has 0 spiro atoms. The van der Waals surface area contributed by atoms with Crippen LogP contribution in [0.15, 0.2) is 37.8 Å². The number of halogens is 2. The Balaban J connectivity index is 2.23. The molecular weight excluding hydrogens is 376 g/mol. The van der Waals surface area contributed by atoms with Crippen molar-refractivity contribution in [3.05, 3.63) is 50.3 Å². The molecule has 0 aliphatic carbocycles. The van der Waals surface area contributed by atoms with E-state index in [9.17, 15) is 5.11 Å². The molecule has 2 rings (SSSR count). The monoisotopic (exact) mass is 388 g/mol. The zero-order valence-corrected chi connectivity index (χ0v) is 13.8. The predicted molar refractivity (Wildman–Crippen MR) is 80.5 cm³/mol. The number of rotatable bonds is 4. The second-order valence-electron chi connectivity index (χ2n) is 4.31. The molecular formula is C14H14Br2O3. The van der Waals surface area contributed by atoms with Crippen LogP contribution in [-0.2, 0) is 6.42 Å². The fraction of sp³-hybridized carbons (Fsp3) is 0.286. The Labute approximate surface area is 128 Å². The highest BCUT2D eigenvalue weighted by molar-refractivity contribution is 9.13. The van der Waals surface area contributed by atoms with Crippen LogP contribution in [0.25, 0.3) is 0 Å². The summed E-state index contributed by atoms with van der Waals surface area (Å²) in [6.07, 6.45) is -0.268. The second kappa shape index (κ2) is 6.11. The van der Waals surface area contributed by atoms with Crippen molar-refractivity contribution >= 4 is 31.9 Å². The first-order valence-electron chi connectivity index (χ1n) is 5.77. The Morgan fingerprint density at radius 3 is 2.63 bits per heavy atom. The quantitative estimate of drug-likeness (QED) is 0.842. The SMILES string of the molecule is COc1ccc(C)cc1CC(O)c1cc(Br)c(Br)o1. The van der Waals surface area contributed by atoms with Crippen molar-refractivity contribution in [2.75, 3.05) is 7.11 Å². The third-order valence-corrected chi connectivity index (χ3v) is 4.55. The molecule has 0 saturated heterocycles. The largest absolute Gasteiger partial charge is 0.496 e. The topological polar surface area (TPSA) is 42.6 Å². The van der Waals surface area contributed by atoms with Crippen molar-refractivity contribution in [3.8, 4) is 5.75 Å². The molecule has 1 atom stereocenters. The fourth-order valence-electron chi connectivity index (χ4n) is 1.90. The van der Waals surface area contributed by atoms with Gasteiger partial charge in [0, 0.05) is 6.42 Å². The van der Waals surface area contributed by atoms with E-state index in [4.69, 9.17) is 9.15 Å². The summed E-state index contributed by atoms with van der Waals surface area (Å²) >= 11 is 6.59. The first kappa shape index (κ1) is 14.6. The molecule has 1 aromatic carbocycles. The molecule has 1 unspecified atom stereocenters. The smallest absolute Gasteiger partial charge is 0.183 e. The van der Waals surface area contributed by atoms with Gasteiger partial charge in [0.25, 0.3) is 0 Å². The Hall–Kier alpha value is -0.780. The Bertz CT molecular complexity index is 559. The summed E-state index contributed by atoms with van der Waals surface area (Å²) in [6.45, 7) is 2.01. The lowest BCUT2D eigenvalue weighted by molar-refractivity contribution is 0.148. The van der Waals surface area contributed by atoms with Crippen LogP contribution in [0.2, 0.25) is 0 Å². The van der Waals surface area contributed by atoms with Crippen LogP contribution in [-0.4, -0.2) is 12.2 Å². The molecule has 0 saturated carbocycles. The zero-order chi connectivity index (χ0) is 14.0. The highest BCUT2D eigenvalue weighted by Crippen LogP contribution is 2.32. The summed E-state index contributed by atoms with van der Waals surface area (Å²) in [5, 5.41) is 10.2. The van der Waals surface area contributed by atoms with Gasteiger partial charge in [-0.05, 0) is 56.5 Å². The van der Waals surface area contributed by atoms with Gasteiger partial charge in [0.15, 0.2) is 4.67 Å². The molecule has 2 aromatic rings. The molecule has 5 heteroatoms. The minimum absolute atomic E-state index is 0.442. The van der Waals surface area contributed by atoms with Gasteiger partial charge < -0.3 is 14.3 Å². The zero-order valence-electron chi connectivity index (χ0n) is 10.6. The van der Waals surface area contributed by atoms with Crippen LogP contribution >= 0.6 is 31.9 Å². The maximum Gasteiger partial charge on any atom is 0.183 e. The van der Waals surface area contributed by atoms with Crippen molar-refractivity contribution in [2.45, 2.75) is 19.4 Å². The van der Waals surface area contributed by atoms with Crippen molar-refractivity contribution in [2.24, 2.45) is 0 Å². The number of hydrogen-bond acceptors (Lipinski definition) is 3. The van der Waals surface area contributed by atoms with E-state index in [1.165, 1.54) is 0 Å².